The minimum atomic E-state index is 0.571. The summed E-state index contributed by atoms with van der Waals surface area (Å²) in [6.45, 7) is 10.2. The van der Waals surface area contributed by atoms with Crippen molar-refractivity contribution in [2.24, 2.45) is 17.3 Å². The normalized spacial score (nSPS) is 36.5. The van der Waals surface area contributed by atoms with Crippen LogP contribution in [0.1, 0.15) is 94.6 Å². The van der Waals surface area contributed by atoms with Gasteiger partial charge in [0.05, 0.1) is 6.61 Å². The Balaban J connectivity index is 1.06. The maximum absolute atomic E-state index is 6.21. The van der Waals surface area contributed by atoms with Crippen LogP contribution in [-0.4, -0.2) is 55.2 Å². The molecule has 0 unspecified atom stereocenters. The molecule has 4 fully saturated rings. The van der Waals surface area contributed by atoms with Gasteiger partial charge in [-0.25, -0.2) is 0 Å². The molecule has 1 aromatic rings. The zero-order valence-corrected chi connectivity index (χ0v) is 21.1. The number of benzene rings is 1. The summed E-state index contributed by atoms with van der Waals surface area (Å²) in [6.07, 6.45) is 16.6. The first-order valence-electron chi connectivity index (χ1n) is 14.4. The smallest absolute Gasteiger partial charge is 0.119 e. The molecule has 182 valence electrons. The molecule has 0 radical (unpaired) electrons. The van der Waals surface area contributed by atoms with Gasteiger partial charge in [-0.2, -0.15) is 0 Å². The van der Waals surface area contributed by atoms with E-state index in [1.54, 1.807) is 11.1 Å². The highest BCUT2D eigenvalue weighted by Gasteiger charge is 2.56. The summed E-state index contributed by atoms with van der Waals surface area (Å²) in [4.78, 5) is 5.49. The average Bonchev–Trinajstić information content (AvgIpc) is 3.59. The molecular weight excluding hydrogens is 404 g/mol. The molecule has 2 aliphatic heterocycles. The molecule has 2 saturated heterocycles. The van der Waals surface area contributed by atoms with Gasteiger partial charge in [0.15, 0.2) is 0 Å². The van der Waals surface area contributed by atoms with Gasteiger partial charge in [-0.05, 0) is 156 Å². The Hall–Kier alpha value is -1.06. The van der Waals surface area contributed by atoms with Gasteiger partial charge < -0.3 is 9.64 Å². The van der Waals surface area contributed by atoms with Gasteiger partial charge in [0.2, 0.25) is 0 Å². The van der Waals surface area contributed by atoms with Crippen LogP contribution >= 0.6 is 0 Å². The summed E-state index contributed by atoms with van der Waals surface area (Å²) in [5, 5.41) is 0. The quantitative estimate of drug-likeness (QED) is 0.456. The highest BCUT2D eigenvalue weighted by atomic mass is 16.5. The van der Waals surface area contributed by atoms with E-state index in [1.807, 2.05) is 0 Å². The van der Waals surface area contributed by atoms with Crippen molar-refractivity contribution in [2.75, 3.05) is 39.3 Å². The van der Waals surface area contributed by atoms with Crippen molar-refractivity contribution in [1.29, 1.82) is 0 Å². The SMILES string of the molecule is C[C@]12CC[C@@H]3c4ccc(OCCCCN5CCCC5)cc4CC[C@H]3[C@@H]1CC[C@@H]2N1CCCC1. The molecule has 6 rings (SSSR count). The maximum Gasteiger partial charge on any atom is 0.119 e. The fraction of sp³-hybridized carbons (Fsp3) is 0.800. The van der Waals surface area contributed by atoms with Crippen LogP contribution in [0.4, 0.5) is 0 Å². The second kappa shape index (κ2) is 9.53. The lowest BCUT2D eigenvalue weighted by molar-refractivity contribution is 0.00683. The van der Waals surface area contributed by atoms with Gasteiger partial charge >= 0.3 is 0 Å². The largest absolute Gasteiger partial charge is 0.494 e. The van der Waals surface area contributed by atoms with E-state index in [4.69, 9.17) is 4.74 Å². The summed E-state index contributed by atoms with van der Waals surface area (Å²) < 4.78 is 6.21. The molecule has 5 aliphatic rings. The molecule has 3 nitrogen and oxygen atoms in total. The number of likely N-dealkylation sites (tertiary alicyclic amines) is 2. The lowest BCUT2D eigenvalue weighted by atomic mass is 9.55. The zero-order valence-electron chi connectivity index (χ0n) is 21.1. The number of nitrogens with zero attached hydrogens (tertiary/aromatic N) is 2. The van der Waals surface area contributed by atoms with Gasteiger partial charge in [0.1, 0.15) is 5.75 Å². The highest BCUT2D eigenvalue weighted by Crippen LogP contribution is 2.62. The lowest BCUT2D eigenvalue weighted by Crippen LogP contribution is -2.49. The summed E-state index contributed by atoms with van der Waals surface area (Å²) in [7, 11) is 0. The van der Waals surface area contributed by atoms with E-state index in [-0.39, 0.29) is 0 Å². The van der Waals surface area contributed by atoms with Crippen molar-refractivity contribution in [3.05, 3.63) is 29.3 Å². The molecule has 0 aromatic heterocycles. The average molecular weight is 451 g/mol. The van der Waals surface area contributed by atoms with Gasteiger partial charge in [0.25, 0.3) is 0 Å². The minimum Gasteiger partial charge on any atom is -0.494 e. The molecule has 0 amide bonds. The van der Waals surface area contributed by atoms with E-state index >= 15 is 0 Å². The monoisotopic (exact) mass is 450 g/mol. The third-order valence-corrected chi connectivity index (χ3v) is 10.6. The second-order valence-corrected chi connectivity index (χ2v) is 12.3. The molecule has 33 heavy (non-hydrogen) atoms. The van der Waals surface area contributed by atoms with Crippen LogP contribution < -0.4 is 4.74 Å². The molecule has 0 bridgehead atoms. The minimum absolute atomic E-state index is 0.571. The maximum atomic E-state index is 6.21. The summed E-state index contributed by atoms with van der Waals surface area (Å²) in [6, 6.07) is 8.02. The molecular formula is C30H46N2O. The first-order chi connectivity index (χ1) is 16.2. The topological polar surface area (TPSA) is 15.7 Å². The van der Waals surface area contributed by atoms with E-state index in [1.165, 1.54) is 110 Å². The predicted molar refractivity (Wildman–Crippen MR) is 136 cm³/mol. The van der Waals surface area contributed by atoms with Crippen LogP contribution in [-0.2, 0) is 6.42 Å². The van der Waals surface area contributed by atoms with Crippen LogP contribution in [0.25, 0.3) is 0 Å². The number of unbranched alkanes of at least 4 members (excludes halogenated alkanes) is 1. The van der Waals surface area contributed by atoms with Gasteiger partial charge in [-0.1, -0.05) is 13.0 Å². The molecule has 2 saturated carbocycles. The predicted octanol–water partition coefficient (Wildman–Crippen LogP) is 6.26. The molecule has 0 spiro atoms. The van der Waals surface area contributed by atoms with Crippen LogP contribution in [0.2, 0.25) is 0 Å². The van der Waals surface area contributed by atoms with Gasteiger partial charge in [-0.3, -0.25) is 4.90 Å². The van der Waals surface area contributed by atoms with Crippen molar-refractivity contribution in [3.63, 3.8) is 0 Å². The Kier molecular flexibility index (Phi) is 6.47. The number of rotatable bonds is 7. The summed E-state index contributed by atoms with van der Waals surface area (Å²) >= 11 is 0. The zero-order chi connectivity index (χ0) is 22.3. The number of hydrogen-bond donors (Lipinski definition) is 0. The number of fused-ring (bicyclic) bond motifs is 5. The van der Waals surface area contributed by atoms with E-state index in [9.17, 15) is 0 Å². The first-order valence-corrected chi connectivity index (χ1v) is 14.4. The molecule has 2 heterocycles. The lowest BCUT2D eigenvalue weighted by Gasteiger charge is -2.52. The van der Waals surface area contributed by atoms with E-state index in [0.717, 1.165) is 36.2 Å². The van der Waals surface area contributed by atoms with Crippen molar-refractivity contribution in [3.8, 4) is 5.75 Å². The van der Waals surface area contributed by atoms with Crippen molar-refractivity contribution < 1.29 is 4.74 Å². The van der Waals surface area contributed by atoms with Crippen LogP contribution in [0.15, 0.2) is 18.2 Å². The molecule has 1 aromatic carbocycles. The standard InChI is InChI=1S/C30H46N2O/c1-30-15-14-26-25-11-9-24(33-21-7-6-18-31-16-2-3-17-31)22-23(25)8-10-27(26)28(30)12-13-29(30)32-19-4-5-20-32/h9,11,22,26-29H,2-8,10,12-21H2,1H3/t26-,27-,28+,29+,30+/m1/s1. The van der Waals surface area contributed by atoms with Crippen LogP contribution in [0, 0.1) is 17.3 Å². The third-order valence-electron chi connectivity index (χ3n) is 10.6. The Morgan fingerprint density at radius 1 is 0.939 bits per heavy atom. The first kappa shape index (κ1) is 22.4. The Bertz CT molecular complexity index is 812. The Morgan fingerprint density at radius 2 is 1.76 bits per heavy atom. The Labute approximate surface area is 202 Å². The van der Waals surface area contributed by atoms with E-state index < -0.39 is 0 Å². The van der Waals surface area contributed by atoms with Gasteiger partial charge in [0, 0.05) is 6.04 Å². The second-order valence-electron chi connectivity index (χ2n) is 12.3. The Morgan fingerprint density at radius 3 is 2.61 bits per heavy atom. The number of hydrogen-bond acceptors (Lipinski definition) is 3. The molecule has 0 N–H and O–H groups in total. The third kappa shape index (κ3) is 4.27. The van der Waals surface area contributed by atoms with Crippen LogP contribution in [0.5, 0.6) is 5.75 Å². The van der Waals surface area contributed by atoms with E-state index in [0.29, 0.717) is 5.41 Å². The van der Waals surface area contributed by atoms with Crippen LogP contribution in [0.3, 0.4) is 0 Å². The molecule has 5 atom stereocenters. The highest BCUT2D eigenvalue weighted by molar-refractivity contribution is 5.40. The van der Waals surface area contributed by atoms with Gasteiger partial charge in [-0.15, -0.1) is 0 Å². The number of aryl methyl sites for hydroxylation is 1. The molecule has 3 aliphatic carbocycles. The van der Waals surface area contributed by atoms with Crippen molar-refractivity contribution in [2.45, 2.75) is 95.9 Å². The van der Waals surface area contributed by atoms with Crippen molar-refractivity contribution >= 4 is 0 Å². The fourth-order valence-electron chi connectivity index (χ4n) is 8.91. The van der Waals surface area contributed by atoms with Crippen molar-refractivity contribution in [1.82, 2.24) is 9.80 Å². The number of ether oxygens (including phenoxy) is 1. The fourth-order valence-corrected chi connectivity index (χ4v) is 8.91. The van der Waals surface area contributed by atoms with E-state index in [2.05, 4.69) is 34.9 Å². The summed E-state index contributed by atoms with van der Waals surface area (Å²) in [5.41, 5.74) is 3.85. The summed E-state index contributed by atoms with van der Waals surface area (Å²) in [5.74, 6) is 3.78. The molecule has 3 heteroatoms.